The molecule has 0 saturated carbocycles. The average molecular weight is 257 g/mol. The third-order valence-electron chi connectivity index (χ3n) is 2.86. The SMILES string of the molecule is CCOc1cccc(N2C=C(c3ncn[nH]3)NC2)c1. The maximum Gasteiger partial charge on any atom is 0.173 e. The fourth-order valence-corrected chi connectivity index (χ4v) is 1.98. The van der Waals surface area contributed by atoms with E-state index in [1.165, 1.54) is 6.33 Å². The van der Waals surface area contributed by atoms with Crippen molar-refractivity contribution in [2.75, 3.05) is 18.2 Å². The van der Waals surface area contributed by atoms with Gasteiger partial charge in [-0.2, -0.15) is 5.10 Å². The van der Waals surface area contributed by atoms with Crippen LogP contribution in [0.1, 0.15) is 12.7 Å². The van der Waals surface area contributed by atoms with Crippen molar-refractivity contribution < 1.29 is 4.74 Å². The summed E-state index contributed by atoms with van der Waals surface area (Å²) in [6.07, 6.45) is 3.50. The Kier molecular flexibility index (Phi) is 3.06. The fraction of sp³-hybridized carbons (Fsp3) is 0.231. The largest absolute Gasteiger partial charge is 0.494 e. The van der Waals surface area contributed by atoms with Crippen LogP contribution in [0.5, 0.6) is 5.75 Å². The van der Waals surface area contributed by atoms with Crippen LogP contribution in [0.4, 0.5) is 5.69 Å². The number of nitrogens with one attached hydrogen (secondary N) is 2. The summed E-state index contributed by atoms with van der Waals surface area (Å²) in [5.74, 6) is 1.62. The van der Waals surface area contributed by atoms with E-state index in [1.54, 1.807) is 0 Å². The van der Waals surface area contributed by atoms with Crippen molar-refractivity contribution in [1.82, 2.24) is 20.5 Å². The molecular formula is C13H15N5O. The third-order valence-corrected chi connectivity index (χ3v) is 2.86. The van der Waals surface area contributed by atoms with Crippen molar-refractivity contribution >= 4 is 11.4 Å². The zero-order chi connectivity index (χ0) is 13.1. The second-order valence-electron chi connectivity index (χ2n) is 4.11. The predicted molar refractivity (Wildman–Crippen MR) is 72.5 cm³/mol. The molecule has 6 nitrogen and oxygen atoms in total. The molecule has 0 amide bonds. The summed E-state index contributed by atoms with van der Waals surface area (Å²) in [5, 5.41) is 9.96. The number of aromatic amines is 1. The van der Waals surface area contributed by atoms with Crippen molar-refractivity contribution in [1.29, 1.82) is 0 Å². The standard InChI is InChI=1S/C13H15N5O/c1-2-19-11-5-3-4-10(6-11)18-7-12(15-9-18)13-14-8-16-17-13/h3-8,15H,2,9H2,1H3,(H,14,16,17). The van der Waals surface area contributed by atoms with E-state index in [0.29, 0.717) is 13.3 Å². The molecule has 2 aromatic rings. The molecule has 0 atom stereocenters. The molecule has 0 fully saturated rings. The van der Waals surface area contributed by atoms with Gasteiger partial charge in [-0.05, 0) is 19.1 Å². The molecule has 2 heterocycles. The summed E-state index contributed by atoms with van der Waals surface area (Å²) < 4.78 is 5.51. The highest BCUT2D eigenvalue weighted by atomic mass is 16.5. The number of H-pyrrole nitrogens is 1. The second-order valence-corrected chi connectivity index (χ2v) is 4.11. The van der Waals surface area contributed by atoms with Gasteiger partial charge in [0.25, 0.3) is 0 Å². The minimum absolute atomic E-state index is 0.668. The van der Waals surface area contributed by atoms with Crippen LogP contribution in [0, 0.1) is 0 Å². The second kappa shape index (κ2) is 5.01. The number of anilines is 1. The Morgan fingerprint density at radius 1 is 1.42 bits per heavy atom. The molecule has 0 saturated heterocycles. The molecule has 1 aromatic carbocycles. The van der Waals surface area contributed by atoms with Gasteiger partial charge in [0, 0.05) is 18.0 Å². The number of ether oxygens (including phenoxy) is 1. The zero-order valence-corrected chi connectivity index (χ0v) is 10.6. The van der Waals surface area contributed by atoms with Crippen molar-refractivity contribution in [3.05, 3.63) is 42.6 Å². The van der Waals surface area contributed by atoms with Crippen LogP contribution in [-0.4, -0.2) is 28.5 Å². The summed E-state index contributed by atoms with van der Waals surface area (Å²) in [4.78, 5) is 6.22. The number of aromatic nitrogens is 3. The first kappa shape index (κ1) is 11.6. The number of hydrogen-bond acceptors (Lipinski definition) is 5. The van der Waals surface area contributed by atoms with E-state index in [2.05, 4.69) is 25.4 Å². The number of benzene rings is 1. The molecule has 98 valence electrons. The lowest BCUT2D eigenvalue weighted by Gasteiger charge is -2.15. The summed E-state index contributed by atoms with van der Waals surface area (Å²) >= 11 is 0. The maximum atomic E-state index is 5.51. The van der Waals surface area contributed by atoms with Gasteiger partial charge in [0.2, 0.25) is 0 Å². The Morgan fingerprint density at radius 2 is 2.37 bits per heavy atom. The smallest absolute Gasteiger partial charge is 0.173 e. The number of rotatable bonds is 4. The first-order chi connectivity index (χ1) is 9.36. The Labute approximate surface area is 111 Å². The molecule has 6 heteroatoms. The van der Waals surface area contributed by atoms with E-state index in [-0.39, 0.29) is 0 Å². The van der Waals surface area contributed by atoms with E-state index in [0.717, 1.165) is 23.0 Å². The Morgan fingerprint density at radius 3 is 3.16 bits per heavy atom. The van der Waals surface area contributed by atoms with Gasteiger partial charge in [0.15, 0.2) is 5.82 Å². The van der Waals surface area contributed by atoms with Gasteiger partial charge >= 0.3 is 0 Å². The third kappa shape index (κ3) is 2.37. The summed E-state index contributed by atoms with van der Waals surface area (Å²) in [7, 11) is 0. The number of nitrogens with zero attached hydrogens (tertiary/aromatic N) is 3. The van der Waals surface area contributed by atoms with Crippen molar-refractivity contribution in [2.45, 2.75) is 6.92 Å². The van der Waals surface area contributed by atoms with Gasteiger partial charge in [-0.1, -0.05) is 6.07 Å². The van der Waals surface area contributed by atoms with Crippen LogP contribution < -0.4 is 15.0 Å². The lowest BCUT2D eigenvalue weighted by Crippen LogP contribution is -2.20. The highest BCUT2D eigenvalue weighted by Gasteiger charge is 2.16. The molecular weight excluding hydrogens is 242 g/mol. The molecule has 0 bridgehead atoms. The van der Waals surface area contributed by atoms with E-state index >= 15 is 0 Å². The van der Waals surface area contributed by atoms with Crippen LogP contribution in [0.15, 0.2) is 36.8 Å². The highest BCUT2D eigenvalue weighted by Crippen LogP contribution is 2.24. The maximum absolute atomic E-state index is 5.51. The highest BCUT2D eigenvalue weighted by molar-refractivity contribution is 5.67. The molecule has 1 aromatic heterocycles. The lowest BCUT2D eigenvalue weighted by atomic mass is 10.3. The molecule has 1 aliphatic rings. The Bertz CT molecular complexity index is 578. The molecule has 1 aliphatic heterocycles. The van der Waals surface area contributed by atoms with Crippen LogP contribution in [-0.2, 0) is 0 Å². The first-order valence-corrected chi connectivity index (χ1v) is 6.18. The molecule has 0 radical (unpaired) electrons. The summed E-state index contributed by atoms with van der Waals surface area (Å²) in [5.41, 5.74) is 2.01. The van der Waals surface area contributed by atoms with Crippen LogP contribution >= 0.6 is 0 Å². The van der Waals surface area contributed by atoms with Crippen LogP contribution in [0.25, 0.3) is 5.70 Å². The summed E-state index contributed by atoms with van der Waals surface area (Å²) in [6, 6.07) is 8.01. The quantitative estimate of drug-likeness (QED) is 0.870. The normalized spacial score (nSPS) is 14.2. The van der Waals surface area contributed by atoms with Gasteiger partial charge in [0.1, 0.15) is 12.1 Å². The molecule has 19 heavy (non-hydrogen) atoms. The van der Waals surface area contributed by atoms with Gasteiger partial charge in [-0.3, -0.25) is 5.10 Å². The summed E-state index contributed by atoms with van der Waals surface area (Å²) in [6.45, 7) is 3.35. The topological polar surface area (TPSA) is 66.1 Å². The predicted octanol–water partition coefficient (Wildman–Crippen LogP) is 1.57. The fourth-order valence-electron chi connectivity index (χ4n) is 1.98. The minimum Gasteiger partial charge on any atom is -0.494 e. The van der Waals surface area contributed by atoms with Gasteiger partial charge in [0.05, 0.1) is 19.0 Å². The van der Waals surface area contributed by atoms with Crippen molar-refractivity contribution in [3.8, 4) is 5.75 Å². The number of hydrogen-bond donors (Lipinski definition) is 2. The van der Waals surface area contributed by atoms with Gasteiger partial charge in [-0.25, -0.2) is 4.98 Å². The molecule has 2 N–H and O–H groups in total. The van der Waals surface area contributed by atoms with Gasteiger partial charge in [-0.15, -0.1) is 0 Å². The van der Waals surface area contributed by atoms with E-state index in [9.17, 15) is 0 Å². The molecule has 0 unspecified atom stereocenters. The zero-order valence-electron chi connectivity index (χ0n) is 10.6. The van der Waals surface area contributed by atoms with Crippen LogP contribution in [0.3, 0.4) is 0 Å². The first-order valence-electron chi connectivity index (χ1n) is 6.18. The monoisotopic (exact) mass is 257 g/mol. The van der Waals surface area contributed by atoms with E-state index in [4.69, 9.17) is 4.74 Å². The Balaban J connectivity index is 1.82. The molecule has 0 aliphatic carbocycles. The molecule has 3 rings (SSSR count). The average Bonchev–Trinajstić information content (AvgIpc) is 3.11. The Hall–Kier alpha value is -2.50. The lowest BCUT2D eigenvalue weighted by molar-refractivity contribution is 0.340. The van der Waals surface area contributed by atoms with Crippen LogP contribution in [0.2, 0.25) is 0 Å². The van der Waals surface area contributed by atoms with E-state index < -0.39 is 0 Å². The minimum atomic E-state index is 0.668. The van der Waals surface area contributed by atoms with Crippen molar-refractivity contribution in [3.63, 3.8) is 0 Å². The van der Waals surface area contributed by atoms with E-state index in [1.807, 2.05) is 37.4 Å². The van der Waals surface area contributed by atoms with Crippen molar-refractivity contribution in [2.24, 2.45) is 0 Å². The van der Waals surface area contributed by atoms with Gasteiger partial charge < -0.3 is 15.0 Å². The molecule has 0 spiro atoms.